The Bertz CT molecular complexity index is 820. The summed E-state index contributed by atoms with van der Waals surface area (Å²) in [6.45, 7) is 2.22. The first-order valence-electron chi connectivity index (χ1n) is 7.66. The molecule has 1 aliphatic heterocycles. The van der Waals surface area contributed by atoms with Gasteiger partial charge in [-0.1, -0.05) is 66.4 Å². The maximum Gasteiger partial charge on any atom is 0.179 e. The van der Waals surface area contributed by atoms with Crippen molar-refractivity contribution < 1.29 is 0 Å². The van der Waals surface area contributed by atoms with E-state index in [1.807, 2.05) is 11.8 Å². The summed E-state index contributed by atoms with van der Waals surface area (Å²) in [5.41, 5.74) is 2.64. The average molecular weight is 334 g/mol. The molecule has 112 valence electrons. The molecule has 0 saturated heterocycles. The van der Waals surface area contributed by atoms with Crippen molar-refractivity contribution in [2.45, 2.75) is 26.5 Å². The normalized spacial score (nSPS) is 14.2. The highest BCUT2D eigenvalue weighted by atomic mass is 32.2. The van der Waals surface area contributed by atoms with Gasteiger partial charge in [0, 0.05) is 5.57 Å². The maximum absolute atomic E-state index is 2.44. The largest absolute Gasteiger partial charge is 0.179 e. The van der Waals surface area contributed by atoms with E-state index in [0.29, 0.717) is 0 Å². The molecule has 4 rings (SSSR count). The van der Waals surface area contributed by atoms with Gasteiger partial charge in [0.05, 0.1) is 20.7 Å². The lowest BCUT2D eigenvalue weighted by molar-refractivity contribution is 1.14. The van der Waals surface area contributed by atoms with Gasteiger partial charge >= 0.3 is 0 Å². The summed E-state index contributed by atoms with van der Waals surface area (Å²) in [5.74, 6) is 0. The van der Waals surface area contributed by atoms with E-state index in [-0.39, 0.29) is 10.9 Å². The van der Waals surface area contributed by atoms with Crippen molar-refractivity contribution in [1.29, 1.82) is 0 Å². The average Bonchev–Trinajstić information content (AvgIpc) is 2.62. The van der Waals surface area contributed by atoms with Gasteiger partial charge in [-0.15, -0.1) is 0 Å². The number of fused-ring (bicyclic) bond motifs is 2. The van der Waals surface area contributed by atoms with Crippen LogP contribution in [0.15, 0.2) is 104 Å². The number of rotatable bonds is 2. The van der Waals surface area contributed by atoms with Crippen LogP contribution in [0.2, 0.25) is 0 Å². The molecule has 0 nitrogen and oxygen atoms in total. The third kappa shape index (κ3) is 2.85. The Hall–Kier alpha value is -1.90. The monoisotopic (exact) mass is 333 g/mol. The first-order valence-corrected chi connectivity index (χ1v) is 9.76. The molecule has 3 aromatic carbocycles. The standard InChI is InChI=1S/C21H17S2/c1-16(17-9-3-2-4-10-17)15-23-20-13-7-5-11-18(20)22-19-12-6-8-14-21(19)23/h2-15H,1H3/q+1. The highest BCUT2D eigenvalue weighted by Gasteiger charge is 2.34. The zero-order chi connectivity index (χ0) is 15.6. The Morgan fingerprint density at radius 3 is 1.87 bits per heavy atom. The van der Waals surface area contributed by atoms with Crippen LogP contribution in [-0.2, 0) is 10.9 Å². The molecule has 0 saturated carbocycles. The van der Waals surface area contributed by atoms with Crippen molar-refractivity contribution in [2.75, 3.05) is 0 Å². The van der Waals surface area contributed by atoms with Gasteiger partial charge in [0.25, 0.3) is 0 Å². The SMILES string of the molecule is CC(=C[S+]1c2ccccc2Sc2ccccc21)c1ccccc1. The third-order valence-corrected chi connectivity index (χ3v) is 7.58. The summed E-state index contributed by atoms with van der Waals surface area (Å²) >= 11 is 1.89. The summed E-state index contributed by atoms with van der Waals surface area (Å²) in [7, 11) is -0.00799. The molecule has 1 aliphatic rings. The quantitative estimate of drug-likeness (QED) is 0.500. The second-order valence-corrected chi connectivity index (χ2v) is 8.37. The Balaban J connectivity index is 1.85. The van der Waals surface area contributed by atoms with Crippen molar-refractivity contribution >= 4 is 28.2 Å². The third-order valence-electron chi connectivity index (χ3n) is 3.92. The Morgan fingerprint density at radius 1 is 0.739 bits per heavy atom. The zero-order valence-electron chi connectivity index (χ0n) is 12.9. The highest BCUT2D eigenvalue weighted by molar-refractivity contribution is 8.05. The van der Waals surface area contributed by atoms with Crippen LogP contribution in [0.25, 0.3) is 5.57 Å². The van der Waals surface area contributed by atoms with E-state index in [1.54, 1.807) is 0 Å². The zero-order valence-corrected chi connectivity index (χ0v) is 14.5. The van der Waals surface area contributed by atoms with Crippen LogP contribution in [0.1, 0.15) is 12.5 Å². The Morgan fingerprint density at radius 2 is 1.26 bits per heavy atom. The van der Waals surface area contributed by atoms with E-state index in [4.69, 9.17) is 0 Å². The van der Waals surface area contributed by atoms with Gasteiger partial charge in [0.15, 0.2) is 9.79 Å². The minimum Gasteiger partial charge on any atom is -0.0795 e. The summed E-state index contributed by atoms with van der Waals surface area (Å²) in [6, 6.07) is 28.2. The number of benzene rings is 3. The van der Waals surface area contributed by atoms with Crippen molar-refractivity contribution in [3.8, 4) is 0 Å². The van der Waals surface area contributed by atoms with E-state index in [0.717, 1.165) is 0 Å². The number of allylic oxidation sites excluding steroid dienone is 1. The molecule has 0 spiro atoms. The lowest BCUT2D eigenvalue weighted by Crippen LogP contribution is -2.07. The fraction of sp³-hybridized carbons (Fsp3) is 0.0476. The molecule has 0 atom stereocenters. The molecule has 23 heavy (non-hydrogen) atoms. The summed E-state index contributed by atoms with van der Waals surface area (Å²) in [4.78, 5) is 5.64. The lowest BCUT2D eigenvalue weighted by Gasteiger charge is -2.17. The van der Waals surface area contributed by atoms with E-state index in [2.05, 4.69) is 91.2 Å². The van der Waals surface area contributed by atoms with Gasteiger partial charge in [-0.3, -0.25) is 0 Å². The van der Waals surface area contributed by atoms with Gasteiger partial charge in [0.2, 0.25) is 0 Å². The predicted molar refractivity (Wildman–Crippen MR) is 101 cm³/mol. The summed E-state index contributed by atoms with van der Waals surface area (Å²) in [6.07, 6.45) is 0. The fourth-order valence-electron chi connectivity index (χ4n) is 2.74. The van der Waals surface area contributed by atoms with E-state index in [9.17, 15) is 0 Å². The summed E-state index contributed by atoms with van der Waals surface area (Å²) < 4.78 is 0. The minimum atomic E-state index is -0.00799. The van der Waals surface area contributed by atoms with Gasteiger partial charge < -0.3 is 0 Å². The second kappa shape index (κ2) is 6.31. The topological polar surface area (TPSA) is 0 Å². The van der Waals surface area contributed by atoms with Crippen LogP contribution in [-0.4, -0.2) is 0 Å². The molecule has 2 heteroatoms. The van der Waals surface area contributed by atoms with Crippen LogP contribution in [0.3, 0.4) is 0 Å². The molecule has 0 N–H and O–H groups in total. The second-order valence-electron chi connectivity index (χ2n) is 5.50. The van der Waals surface area contributed by atoms with Crippen LogP contribution < -0.4 is 0 Å². The minimum absolute atomic E-state index is 0.00799. The molecular formula is C21H17S2+. The Kier molecular flexibility index (Phi) is 4.02. The molecule has 0 unspecified atom stereocenters. The van der Waals surface area contributed by atoms with Crippen LogP contribution >= 0.6 is 11.8 Å². The number of hydrogen-bond acceptors (Lipinski definition) is 1. The maximum atomic E-state index is 2.44. The van der Waals surface area contributed by atoms with Crippen molar-refractivity contribution in [3.63, 3.8) is 0 Å². The molecular weight excluding hydrogens is 316 g/mol. The lowest BCUT2D eigenvalue weighted by atomic mass is 10.1. The van der Waals surface area contributed by atoms with Crippen LogP contribution in [0.5, 0.6) is 0 Å². The van der Waals surface area contributed by atoms with E-state index >= 15 is 0 Å². The molecule has 0 aliphatic carbocycles. The van der Waals surface area contributed by atoms with Gasteiger partial charge in [0.1, 0.15) is 5.41 Å². The molecule has 0 bridgehead atoms. The van der Waals surface area contributed by atoms with Crippen LogP contribution in [0, 0.1) is 0 Å². The van der Waals surface area contributed by atoms with Crippen molar-refractivity contribution in [2.24, 2.45) is 0 Å². The van der Waals surface area contributed by atoms with Crippen LogP contribution in [0.4, 0.5) is 0 Å². The van der Waals surface area contributed by atoms with Crippen molar-refractivity contribution in [3.05, 3.63) is 89.8 Å². The Labute approximate surface area is 144 Å². The fourth-order valence-corrected chi connectivity index (χ4v) is 6.40. The first kappa shape index (κ1) is 14.7. The molecule has 0 radical (unpaired) electrons. The van der Waals surface area contributed by atoms with E-state index in [1.165, 1.54) is 30.7 Å². The molecule has 0 amide bonds. The van der Waals surface area contributed by atoms with Gasteiger partial charge in [-0.2, -0.15) is 0 Å². The molecule has 0 fully saturated rings. The molecule has 3 aromatic rings. The highest BCUT2D eigenvalue weighted by Crippen LogP contribution is 2.46. The van der Waals surface area contributed by atoms with E-state index < -0.39 is 0 Å². The summed E-state index contributed by atoms with van der Waals surface area (Å²) in [5, 5.41) is 2.44. The predicted octanol–water partition coefficient (Wildman–Crippen LogP) is 6.25. The molecule has 0 aromatic heterocycles. The first-order chi connectivity index (χ1) is 11.3. The van der Waals surface area contributed by atoms with Gasteiger partial charge in [-0.05, 0) is 36.8 Å². The molecule has 1 heterocycles. The van der Waals surface area contributed by atoms with Crippen molar-refractivity contribution in [1.82, 2.24) is 0 Å². The van der Waals surface area contributed by atoms with Gasteiger partial charge in [-0.25, -0.2) is 0 Å². The number of hydrogen-bond donors (Lipinski definition) is 0. The smallest absolute Gasteiger partial charge is 0.0795 e.